The van der Waals surface area contributed by atoms with Gasteiger partial charge in [-0.05, 0) is 19.3 Å². The van der Waals surface area contributed by atoms with Crippen LogP contribution in [0, 0.1) is 0 Å². The fourth-order valence-electron chi connectivity index (χ4n) is 5.35. The van der Waals surface area contributed by atoms with Crippen molar-refractivity contribution in [1.82, 2.24) is 24.6 Å². The Kier molecular flexibility index (Phi) is 8.57. The summed E-state index contributed by atoms with van der Waals surface area (Å²) in [4.78, 5) is 26.5. The zero-order chi connectivity index (χ0) is 22.3. The molecule has 1 unspecified atom stereocenters. The fraction of sp³-hybridized carbons (Fsp3) is 0.833. The van der Waals surface area contributed by atoms with Crippen LogP contribution in [0.2, 0.25) is 0 Å². The van der Waals surface area contributed by atoms with E-state index in [0.29, 0.717) is 18.1 Å². The lowest BCUT2D eigenvalue weighted by molar-refractivity contribution is 0.0567. The van der Waals surface area contributed by atoms with E-state index in [4.69, 9.17) is 4.42 Å². The fourth-order valence-corrected chi connectivity index (χ4v) is 5.35. The molecule has 1 amide bonds. The first-order valence-corrected chi connectivity index (χ1v) is 12.7. The van der Waals surface area contributed by atoms with Gasteiger partial charge in [0.25, 0.3) is 5.91 Å². The van der Waals surface area contributed by atoms with Crippen LogP contribution in [-0.4, -0.2) is 107 Å². The summed E-state index contributed by atoms with van der Waals surface area (Å²) >= 11 is 0. The highest BCUT2D eigenvalue weighted by atomic mass is 16.3. The van der Waals surface area contributed by atoms with Crippen LogP contribution in [0.3, 0.4) is 0 Å². The Labute approximate surface area is 192 Å². The van der Waals surface area contributed by atoms with Crippen LogP contribution in [0.25, 0.3) is 0 Å². The molecule has 3 fully saturated rings. The van der Waals surface area contributed by atoms with Crippen molar-refractivity contribution in [1.29, 1.82) is 0 Å². The maximum Gasteiger partial charge on any atom is 0.275 e. The molecular formula is C24H41N5O3. The van der Waals surface area contributed by atoms with Crippen LogP contribution in [-0.2, 0) is 6.54 Å². The molecule has 4 rings (SSSR count). The molecule has 3 aliphatic rings. The maximum atomic E-state index is 12.9. The predicted octanol–water partition coefficient (Wildman–Crippen LogP) is 2.04. The molecule has 1 saturated carbocycles. The lowest BCUT2D eigenvalue weighted by Gasteiger charge is -2.37. The van der Waals surface area contributed by atoms with Gasteiger partial charge in [0.1, 0.15) is 6.26 Å². The van der Waals surface area contributed by atoms with Gasteiger partial charge in [0, 0.05) is 64.9 Å². The van der Waals surface area contributed by atoms with Gasteiger partial charge in [-0.15, -0.1) is 0 Å². The van der Waals surface area contributed by atoms with Crippen molar-refractivity contribution in [3.63, 3.8) is 0 Å². The minimum absolute atomic E-state index is 0.00282. The first-order chi connectivity index (χ1) is 15.6. The van der Waals surface area contributed by atoms with Crippen LogP contribution < -0.4 is 0 Å². The summed E-state index contributed by atoms with van der Waals surface area (Å²) in [5.74, 6) is 0.617. The van der Waals surface area contributed by atoms with E-state index in [1.807, 2.05) is 4.90 Å². The molecule has 2 saturated heterocycles. The average molecular weight is 448 g/mol. The average Bonchev–Trinajstić information content (AvgIpc) is 3.51. The van der Waals surface area contributed by atoms with E-state index >= 15 is 0 Å². The van der Waals surface area contributed by atoms with Crippen molar-refractivity contribution < 1.29 is 14.3 Å². The third-order valence-electron chi connectivity index (χ3n) is 7.40. The van der Waals surface area contributed by atoms with Gasteiger partial charge in [-0.25, -0.2) is 4.98 Å². The Morgan fingerprint density at radius 2 is 1.78 bits per heavy atom. The van der Waals surface area contributed by atoms with Crippen molar-refractivity contribution in [2.24, 2.45) is 0 Å². The molecule has 1 aliphatic carbocycles. The van der Waals surface area contributed by atoms with E-state index in [1.165, 1.54) is 31.9 Å². The molecule has 1 aromatic rings. The molecule has 1 aromatic heterocycles. The number of aliphatic hydroxyl groups is 1. The number of amides is 1. The van der Waals surface area contributed by atoms with E-state index < -0.39 is 0 Å². The van der Waals surface area contributed by atoms with Gasteiger partial charge in [-0.2, -0.15) is 0 Å². The van der Waals surface area contributed by atoms with E-state index in [1.54, 1.807) is 0 Å². The number of aromatic nitrogens is 1. The Bertz CT molecular complexity index is 704. The van der Waals surface area contributed by atoms with E-state index in [2.05, 4.69) is 26.6 Å². The molecule has 0 spiro atoms. The number of oxazole rings is 1. The minimum Gasteiger partial charge on any atom is -0.447 e. The Hall–Kier alpha value is -1.48. The topological polar surface area (TPSA) is 76.3 Å². The largest absolute Gasteiger partial charge is 0.447 e. The number of carbonyl (C=O) groups excluding carboxylic acids is 1. The lowest BCUT2D eigenvalue weighted by atomic mass is 10.1. The minimum atomic E-state index is -0.221. The van der Waals surface area contributed by atoms with E-state index in [9.17, 15) is 9.90 Å². The number of nitrogens with zero attached hydrogens (tertiary/aromatic N) is 5. The molecule has 1 atom stereocenters. The zero-order valence-corrected chi connectivity index (χ0v) is 19.8. The number of hydrogen-bond acceptors (Lipinski definition) is 7. The summed E-state index contributed by atoms with van der Waals surface area (Å²) in [5.41, 5.74) is 0.437. The molecule has 2 aliphatic heterocycles. The number of β-amino-alcohol motifs (C(OH)–C–C–N with tert-alkyl or cyclic N) is 1. The highest BCUT2D eigenvalue weighted by Crippen LogP contribution is 2.24. The van der Waals surface area contributed by atoms with Crippen LogP contribution >= 0.6 is 0 Å². The number of aliphatic hydroxyl groups excluding tert-OH is 1. The highest BCUT2D eigenvalue weighted by Gasteiger charge is 2.29. The van der Waals surface area contributed by atoms with Gasteiger partial charge in [0.2, 0.25) is 5.89 Å². The third kappa shape index (κ3) is 6.31. The zero-order valence-electron chi connectivity index (χ0n) is 19.8. The maximum absolute atomic E-state index is 12.9. The molecule has 8 nitrogen and oxygen atoms in total. The van der Waals surface area contributed by atoms with Gasteiger partial charge in [-0.1, -0.05) is 32.6 Å². The number of carbonyl (C=O) groups is 1. The smallest absolute Gasteiger partial charge is 0.275 e. The summed E-state index contributed by atoms with van der Waals surface area (Å²) in [7, 11) is 0. The molecule has 3 heterocycles. The summed E-state index contributed by atoms with van der Waals surface area (Å²) in [6.45, 7) is 10.8. The van der Waals surface area contributed by atoms with Gasteiger partial charge < -0.3 is 14.4 Å². The standard InChI is InChI=1S/C24H41N5O3/c1-2-3-8-21(30)17-26-9-11-27(12-10-26)18-23-25-22(19-32-23)24(31)29-15-13-28(14-16-29)20-6-4-5-7-20/h19-21,30H,2-18H2,1H3. The van der Waals surface area contributed by atoms with Crippen LogP contribution in [0.1, 0.15) is 68.2 Å². The molecule has 1 N–H and O–H groups in total. The SMILES string of the molecule is CCCCC(O)CN1CCN(Cc2nc(C(=O)N3CCN(C4CCCC4)CC3)co2)CC1. The molecule has 0 radical (unpaired) electrons. The molecule has 0 bridgehead atoms. The molecular weight excluding hydrogens is 406 g/mol. The van der Waals surface area contributed by atoms with E-state index in [-0.39, 0.29) is 12.0 Å². The lowest BCUT2D eigenvalue weighted by Crippen LogP contribution is -2.51. The molecule has 180 valence electrons. The van der Waals surface area contributed by atoms with Gasteiger partial charge in [0.15, 0.2) is 5.69 Å². The molecule has 32 heavy (non-hydrogen) atoms. The van der Waals surface area contributed by atoms with Gasteiger partial charge >= 0.3 is 0 Å². The summed E-state index contributed by atoms with van der Waals surface area (Å²) in [6.07, 6.45) is 9.73. The van der Waals surface area contributed by atoms with E-state index in [0.717, 1.165) is 84.2 Å². The monoisotopic (exact) mass is 447 g/mol. The quantitative estimate of drug-likeness (QED) is 0.621. The van der Waals surface area contributed by atoms with Crippen LogP contribution in [0.15, 0.2) is 10.7 Å². The number of hydrogen-bond donors (Lipinski definition) is 1. The second-order valence-electron chi connectivity index (χ2n) is 9.77. The Morgan fingerprint density at radius 1 is 1.09 bits per heavy atom. The third-order valence-corrected chi connectivity index (χ3v) is 7.40. The van der Waals surface area contributed by atoms with Gasteiger partial charge in [0.05, 0.1) is 12.6 Å². The summed E-state index contributed by atoms with van der Waals surface area (Å²) in [6, 6.07) is 0.728. The normalized spacial score (nSPS) is 23.1. The highest BCUT2D eigenvalue weighted by molar-refractivity contribution is 5.92. The van der Waals surface area contributed by atoms with Crippen LogP contribution in [0.5, 0.6) is 0 Å². The predicted molar refractivity (Wildman–Crippen MR) is 123 cm³/mol. The molecule has 0 aromatic carbocycles. The van der Waals surface area contributed by atoms with Crippen molar-refractivity contribution >= 4 is 5.91 Å². The summed E-state index contributed by atoms with van der Waals surface area (Å²) < 4.78 is 5.65. The first kappa shape index (κ1) is 23.7. The Balaban J connectivity index is 1.19. The van der Waals surface area contributed by atoms with Crippen molar-refractivity contribution in [2.75, 3.05) is 58.9 Å². The first-order valence-electron chi connectivity index (χ1n) is 12.7. The number of unbranched alkanes of at least 4 members (excludes halogenated alkanes) is 1. The van der Waals surface area contributed by atoms with Crippen molar-refractivity contribution in [2.45, 2.75) is 70.6 Å². The second kappa shape index (κ2) is 11.6. The summed E-state index contributed by atoms with van der Waals surface area (Å²) in [5, 5.41) is 10.1. The van der Waals surface area contributed by atoms with Crippen molar-refractivity contribution in [3.8, 4) is 0 Å². The Morgan fingerprint density at radius 3 is 2.47 bits per heavy atom. The number of rotatable bonds is 9. The number of piperazine rings is 2. The van der Waals surface area contributed by atoms with Gasteiger partial charge in [-0.3, -0.25) is 19.5 Å². The van der Waals surface area contributed by atoms with Crippen molar-refractivity contribution in [3.05, 3.63) is 17.8 Å². The molecule has 8 heteroatoms. The second-order valence-corrected chi connectivity index (χ2v) is 9.77. The van der Waals surface area contributed by atoms with Crippen LogP contribution in [0.4, 0.5) is 0 Å².